The summed E-state index contributed by atoms with van der Waals surface area (Å²) in [5.74, 6) is 0.0249. The van der Waals surface area contributed by atoms with Crippen molar-refractivity contribution in [3.05, 3.63) is 0 Å². The van der Waals surface area contributed by atoms with Crippen molar-refractivity contribution in [1.82, 2.24) is 4.90 Å². The largest absolute Gasteiger partial charge is 0.468 e. The van der Waals surface area contributed by atoms with Crippen LogP contribution >= 0.6 is 0 Å². The Bertz CT molecular complexity index is 227. The summed E-state index contributed by atoms with van der Waals surface area (Å²) in [4.78, 5) is 23.9. The molecule has 0 aromatic rings. The molecule has 4 nitrogen and oxygen atoms in total. The summed E-state index contributed by atoms with van der Waals surface area (Å²) >= 11 is 0. The van der Waals surface area contributed by atoms with Gasteiger partial charge in [0.15, 0.2) is 0 Å². The number of esters is 1. The van der Waals surface area contributed by atoms with Crippen molar-refractivity contribution < 1.29 is 14.3 Å². The maximum absolute atomic E-state index is 11.4. The predicted molar refractivity (Wildman–Crippen MR) is 47.0 cm³/mol. The van der Waals surface area contributed by atoms with E-state index >= 15 is 0 Å². The Balaban J connectivity index is 2.59. The molecule has 0 N–H and O–H groups in total. The van der Waals surface area contributed by atoms with Crippen LogP contribution in [0.15, 0.2) is 0 Å². The fraction of sp³-hybridized carbons (Fsp3) is 0.778. The Morgan fingerprint density at radius 1 is 1.62 bits per heavy atom. The van der Waals surface area contributed by atoms with Gasteiger partial charge < -0.3 is 9.64 Å². The highest BCUT2D eigenvalue weighted by Gasteiger charge is 2.34. The van der Waals surface area contributed by atoms with Gasteiger partial charge in [-0.3, -0.25) is 9.59 Å². The molecule has 1 fully saturated rings. The van der Waals surface area contributed by atoms with E-state index < -0.39 is 0 Å². The molecule has 0 radical (unpaired) electrons. The molecule has 1 saturated heterocycles. The van der Waals surface area contributed by atoms with Crippen molar-refractivity contribution in [2.45, 2.75) is 26.3 Å². The zero-order valence-corrected chi connectivity index (χ0v) is 8.24. The lowest BCUT2D eigenvalue weighted by Crippen LogP contribution is -2.37. The lowest BCUT2D eigenvalue weighted by Gasteiger charge is -2.21. The van der Waals surface area contributed by atoms with Gasteiger partial charge in [-0.25, -0.2) is 0 Å². The molecule has 0 aromatic heterocycles. The number of carbonyl (C=O) groups is 2. The molecular weight excluding hydrogens is 170 g/mol. The van der Waals surface area contributed by atoms with Gasteiger partial charge in [0, 0.05) is 12.5 Å². The van der Waals surface area contributed by atoms with Gasteiger partial charge in [-0.15, -0.1) is 0 Å². The minimum atomic E-state index is -0.352. The number of hydrogen-bond donors (Lipinski definition) is 0. The molecule has 0 aromatic carbocycles. The number of likely N-dealkylation sites (tertiary alicyclic amines) is 1. The van der Waals surface area contributed by atoms with E-state index in [0.717, 1.165) is 0 Å². The quantitative estimate of drug-likeness (QED) is 0.585. The summed E-state index contributed by atoms with van der Waals surface area (Å²) in [5.41, 5.74) is 0. The van der Waals surface area contributed by atoms with Gasteiger partial charge in [0.05, 0.1) is 7.11 Å². The first-order valence-corrected chi connectivity index (χ1v) is 4.42. The molecule has 0 bridgehead atoms. The average Bonchev–Trinajstić information content (AvgIpc) is 2.32. The van der Waals surface area contributed by atoms with Gasteiger partial charge in [-0.2, -0.15) is 0 Å². The first kappa shape index (κ1) is 10.0. The van der Waals surface area contributed by atoms with Crippen LogP contribution < -0.4 is 0 Å². The van der Waals surface area contributed by atoms with E-state index in [0.29, 0.717) is 12.3 Å². The Hall–Kier alpha value is -1.06. The standard InChI is InChI=1S/C9H15NO3/c1-6-4-8(11)10(7(6)2)5-9(12)13-3/h6-7H,4-5H2,1-3H3. The maximum Gasteiger partial charge on any atom is 0.325 e. The third kappa shape index (κ3) is 1.99. The maximum atomic E-state index is 11.4. The van der Waals surface area contributed by atoms with Crippen LogP contribution in [0.1, 0.15) is 20.3 Å². The summed E-state index contributed by atoms with van der Waals surface area (Å²) in [6, 6.07) is 0.145. The number of nitrogens with zero attached hydrogens (tertiary/aromatic N) is 1. The van der Waals surface area contributed by atoms with Crippen molar-refractivity contribution in [3.63, 3.8) is 0 Å². The Labute approximate surface area is 77.8 Å². The van der Waals surface area contributed by atoms with E-state index in [1.165, 1.54) is 7.11 Å². The number of hydrogen-bond acceptors (Lipinski definition) is 3. The van der Waals surface area contributed by atoms with Crippen molar-refractivity contribution in [2.24, 2.45) is 5.92 Å². The lowest BCUT2D eigenvalue weighted by atomic mass is 10.1. The van der Waals surface area contributed by atoms with Crippen molar-refractivity contribution in [2.75, 3.05) is 13.7 Å². The van der Waals surface area contributed by atoms with Crippen LogP contribution in [-0.4, -0.2) is 36.5 Å². The van der Waals surface area contributed by atoms with E-state index in [2.05, 4.69) is 4.74 Å². The van der Waals surface area contributed by atoms with E-state index in [1.54, 1.807) is 4.90 Å². The summed E-state index contributed by atoms with van der Waals surface area (Å²) in [5, 5.41) is 0. The summed E-state index contributed by atoms with van der Waals surface area (Å²) in [6.45, 7) is 4.05. The van der Waals surface area contributed by atoms with Gasteiger partial charge in [-0.1, -0.05) is 6.92 Å². The van der Waals surface area contributed by atoms with Crippen LogP contribution in [0.2, 0.25) is 0 Å². The van der Waals surface area contributed by atoms with Gasteiger partial charge in [-0.05, 0) is 12.8 Å². The Kier molecular flexibility index (Phi) is 2.90. The molecule has 2 atom stereocenters. The monoisotopic (exact) mass is 185 g/mol. The van der Waals surface area contributed by atoms with Crippen LogP contribution in [0.4, 0.5) is 0 Å². The van der Waals surface area contributed by atoms with Gasteiger partial charge >= 0.3 is 5.97 Å². The van der Waals surface area contributed by atoms with Gasteiger partial charge in [0.1, 0.15) is 6.54 Å². The lowest BCUT2D eigenvalue weighted by molar-refractivity contribution is -0.146. The molecule has 2 unspecified atom stereocenters. The highest BCUT2D eigenvalue weighted by atomic mass is 16.5. The van der Waals surface area contributed by atoms with Gasteiger partial charge in [0.2, 0.25) is 5.91 Å². The van der Waals surface area contributed by atoms with E-state index in [9.17, 15) is 9.59 Å². The second-order valence-corrected chi connectivity index (χ2v) is 3.52. The molecule has 1 aliphatic rings. The summed E-state index contributed by atoms with van der Waals surface area (Å²) in [6.07, 6.45) is 0.540. The molecule has 0 spiro atoms. The molecule has 1 aliphatic heterocycles. The number of ether oxygens (including phenoxy) is 1. The minimum Gasteiger partial charge on any atom is -0.468 e. The predicted octanol–water partition coefficient (Wildman–Crippen LogP) is 0.416. The minimum absolute atomic E-state index is 0.0467. The van der Waals surface area contributed by atoms with Crippen LogP contribution in [0.5, 0.6) is 0 Å². The van der Waals surface area contributed by atoms with Crippen LogP contribution in [0.25, 0.3) is 0 Å². The van der Waals surface area contributed by atoms with Crippen LogP contribution in [0, 0.1) is 5.92 Å². The zero-order chi connectivity index (χ0) is 10.0. The molecule has 0 saturated carbocycles. The first-order valence-electron chi connectivity index (χ1n) is 4.42. The summed E-state index contributed by atoms with van der Waals surface area (Å²) in [7, 11) is 1.33. The zero-order valence-electron chi connectivity index (χ0n) is 8.24. The molecule has 1 rings (SSSR count). The first-order chi connectivity index (χ1) is 6.06. The smallest absolute Gasteiger partial charge is 0.325 e. The molecule has 74 valence electrons. The fourth-order valence-corrected chi connectivity index (χ4v) is 1.53. The molecule has 4 heteroatoms. The van der Waals surface area contributed by atoms with Crippen molar-refractivity contribution in [3.8, 4) is 0 Å². The average molecular weight is 185 g/mol. The second-order valence-electron chi connectivity index (χ2n) is 3.52. The number of methoxy groups -OCH3 is 1. The molecule has 0 aliphatic carbocycles. The Morgan fingerprint density at radius 2 is 2.23 bits per heavy atom. The third-order valence-electron chi connectivity index (χ3n) is 2.66. The van der Waals surface area contributed by atoms with Crippen molar-refractivity contribution in [1.29, 1.82) is 0 Å². The number of amides is 1. The second kappa shape index (κ2) is 3.77. The number of carbonyl (C=O) groups excluding carboxylic acids is 2. The highest BCUT2D eigenvalue weighted by Crippen LogP contribution is 2.24. The van der Waals surface area contributed by atoms with Crippen molar-refractivity contribution >= 4 is 11.9 Å². The topological polar surface area (TPSA) is 46.6 Å². The van der Waals surface area contributed by atoms with Crippen LogP contribution in [-0.2, 0) is 14.3 Å². The van der Waals surface area contributed by atoms with Gasteiger partial charge in [0.25, 0.3) is 0 Å². The molecular formula is C9H15NO3. The van der Waals surface area contributed by atoms with E-state index in [-0.39, 0.29) is 24.5 Å². The normalized spacial score (nSPS) is 27.9. The van der Waals surface area contributed by atoms with E-state index in [4.69, 9.17) is 0 Å². The molecule has 13 heavy (non-hydrogen) atoms. The number of rotatable bonds is 2. The molecule has 1 heterocycles. The van der Waals surface area contributed by atoms with E-state index in [1.807, 2.05) is 13.8 Å². The Morgan fingerprint density at radius 3 is 2.62 bits per heavy atom. The van der Waals surface area contributed by atoms with Crippen LogP contribution in [0.3, 0.4) is 0 Å². The highest BCUT2D eigenvalue weighted by molar-refractivity contribution is 5.84. The molecule has 1 amide bonds. The summed E-state index contributed by atoms with van der Waals surface area (Å²) < 4.78 is 4.51. The SMILES string of the molecule is COC(=O)CN1C(=O)CC(C)C1C. The third-order valence-corrected chi connectivity index (χ3v) is 2.66. The fourth-order valence-electron chi connectivity index (χ4n) is 1.53.